The summed E-state index contributed by atoms with van der Waals surface area (Å²) in [5.74, 6) is 1.45. The second-order valence-corrected chi connectivity index (χ2v) is 8.12. The minimum absolute atomic E-state index is 0.143. The molecule has 146 valence electrons. The Balaban J connectivity index is 1.61. The third-order valence-electron chi connectivity index (χ3n) is 5.71. The zero-order valence-electron chi connectivity index (χ0n) is 16.8. The molecule has 3 rings (SSSR count). The number of hydrogen-bond acceptors (Lipinski definition) is 3. The maximum atomic E-state index is 12.7. The molecule has 2 aromatic rings. The van der Waals surface area contributed by atoms with E-state index in [1.54, 1.807) is 6.20 Å². The Morgan fingerprint density at radius 1 is 1.26 bits per heavy atom. The zero-order valence-corrected chi connectivity index (χ0v) is 16.8. The topological polar surface area (TPSA) is 59.8 Å². The van der Waals surface area contributed by atoms with Gasteiger partial charge in [0.1, 0.15) is 0 Å². The van der Waals surface area contributed by atoms with E-state index in [0.29, 0.717) is 5.92 Å². The second-order valence-electron chi connectivity index (χ2n) is 8.12. The Kier molecular flexibility index (Phi) is 6.64. The van der Waals surface area contributed by atoms with Crippen molar-refractivity contribution in [3.8, 4) is 5.69 Å². The molecule has 0 unspecified atom stereocenters. The smallest absolute Gasteiger partial charge is 0.227 e. The lowest BCUT2D eigenvalue weighted by molar-refractivity contribution is -0.121. The number of hydrogen-bond donors (Lipinski definition) is 1. The van der Waals surface area contributed by atoms with Gasteiger partial charge in [0.15, 0.2) is 0 Å². The molecule has 1 aliphatic rings. The van der Waals surface area contributed by atoms with Crippen LogP contribution in [0.15, 0.2) is 30.5 Å². The molecule has 1 N–H and O–H groups in total. The van der Waals surface area contributed by atoms with E-state index in [9.17, 15) is 4.79 Å². The van der Waals surface area contributed by atoms with Crippen LogP contribution in [0.4, 0.5) is 5.69 Å². The van der Waals surface area contributed by atoms with Crippen LogP contribution in [0, 0.1) is 11.8 Å². The second kappa shape index (κ2) is 9.16. The van der Waals surface area contributed by atoms with E-state index < -0.39 is 0 Å². The van der Waals surface area contributed by atoms with Gasteiger partial charge in [0.25, 0.3) is 0 Å². The first-order valence-electron chi connectivity index (χ1n) is 10.4. The molecule has 27 heavy (non-hydrogen) atoms. The number of nitrogens with one attached hydrogen (secondary N) is 1. The van der Waals surface area contributed by atoms with Crippen LogP contribution in [0.3, 0.4) is 0 Å². The minimum Gasteiger partial charge on any atom is -0.326 e. The van der Waals surface area contributed by atoms with Gasteiger partial charge in [-0.15, -0.1) is 5.10 Å². The average Bonchev–Trinajstić information content (AvgIpc) is 3.17. The Morgan fingerprint density at radius 2 is 2.04 bits per heavy atom. The average molecular weight is 369 g/mol. The predicted molar refractivity (Wildman–Crippen MR) is 109 cm³/mol. The van der Waals surface area contributed by atoms with Crippen molar-refractivity contribution in [1.29, 1.82) is 0 Å². The summed E-state index contributed by atoms with van der Waals surface area (Å²) in [4.78, 5) is 12.7. The van der Waals surface area contributed by atoms with Crippen molar-refractivity contribution < 1.29 is 4.79 Å². The highest BCUT2D eigenvalue weighted by molar-refractivity contribution is 5.92. The fourth-order valence-corrected chi connectivity index (χ4v) is 4.00. The Labute approximate surface area is 162 Å². The molecule has 1 aromatic carbocycles. The lowest BCUT2D eigenvalue weighted by atomic mass is 9.79. The van der Waals surface area contributed by atoms with Crippen molar-refractivity contribution in [2.45, 2.75) is 71.6 Å². The first-order chi connectivity index (χ1) is 13.1. The lowest BCUT2D eigenvalue weighted by Crippen LogP contribution is -2.27. The summed E-state index contributed by atoms with van der Waals surface area (Å²) >= 11 is 0. The molecule has 0 radical (unpaired) electrons. The van der Waals surface area contributed by atoms with Crippen molar-refractivity contribution in [3.63, 3.8) is 0 Å². The molecule has 0 bridgehead atoms. The molecular weight excluding hydrogens is 336 g/mol. The van der Waals surface area contributed by atoms with E-state index in [4.69, 9.17) is 0 Å². The Morgan fingerprint density at radius 3 is 2.74 bits per heavy atom. The van der Waals surface area contributed by atoms with Crippen molar-refractivity contribution >= 4 is 11.6 Å². The number of unbranched alkanes of at least 4 members (excludes halogenated alkanes) is 1. The van der Waals surface area contributed by atoms with Gasteiger partial charge in [-0.05, 0) is 55.7 Å². The summed E-state index contributed by atoms with van der Waals surface area (Å²) < 4.78 is 1.85. The van der Waals surface area contributed by atoms with Crippen LogP contribution in [-0.4, -0.2) is 20.9 Å². The number of amides is 1. The quantitative estimate of drug-likeness (QED) is 0.719. The summed E-state index contributed by atoms with van der Waals surface area (Å²) in [6.45, 7) is 6.49. The summed E-state index contributed by atoms with van der Waals surface area (Å²) in [7, 11) is 0. The highest BCUT2D eigenvalue weighted by atomic mass is 16.1. The molecule has 0 aliphatic heterocycles. The maximum absolute atomic E-state index is 12.7. The number of rotatable bonds is 7. The first-order valence-corrected chi connectivity index (χ1v) is 10.4. The molecule has 5 nitrogen and oxygen atoms in total. The number of benzene rings is 1. The molecule has 1 heterocycles. The highest BCUT2D eigenvalue weighted by Crippen LogP contribution is 2.32. The van der Waals surface area contributed by atoms with Crippen LogP contribution >= 0.6 is 0 Å². The number of nitrogens with zero attached hydrogens (tertiary/aromatic N) is 3. The molecule has 1 amide bonds. The summed E-state index contributed by atoms with van der Waals surface area (Å²) in [6.07, 6.45) is 10.1. The SMILES string of the molecule is CCCCC1CCC(C(=O)Nc2cccc(-n3nncc3C(C)C)c2)CC1. The molecule has 1 aliphatic carbocycles. The third kappa shape index (κ3) is 4.96. The Hall–Kier alpha value is -2.17. The van der Waals surface area contributed by atoms with Crippen LogP contribution in [0.5, 0.6) is 0 Å². The van der Waals surface area contributed by atoms with Gasteiger partial charge in [0.2, 0.25) is 5.91 Å². The van der Waals surface area contributed by atoms with Crippen molar-refractivity contribution in [1.82, 2.24) is 15.0 Å². The zero-order chi connectivity index (χ0) is 19.2. The predicted octanol–water partition coefficient (Wildman–Crippen LogP) is 5.33. The van der Waals surface area contributed by atoms with Gasteiger partial charge < -0.3 is 5.32 Å². The van der Waals surface area contributed by atoms with Crippen LogP contribution in [-0.2, 0) is 4.79 Å². The van der Waals surface area contributed by atoms with E-state index in [2.05, 4.69) is 36.4 Å². The first kappa shape index (κ1) is 19.6. The largest absolute Gasteiger partial charge is 0.326 e. The molecule has 1 aromatic heterocycles. The fourth-order valence-electron chi connectivity index (χ4n) is 4.00. The van der Waals surface area contributed by atoms with E-state index in [1.165, 1.54) is 32.1 Å². The van der Waals surface area contributed by atoms with Crippen molar-refractivity contribution in [3.05, 3.63) is 36.2 Å². The molecule has 0 saturated heterocycles. The minimum atomic E-state index is 0.143. The Bertz CT molecular complexity index is 744. The monoisotopic (exact) mass is 368 g/mol. The van der Waals surface area contributed by atoms with Crippen LogP contribution < -0.4 is 5.32 Å². The number of carbonyl (C=O) groups is 1. The molecule has 1 fully saturated rings. The molecule has 0 spiro atoms. The van der Waals surface area contributed by atoms with Gasteiger partial charge in [0.05, 0.1) is 17.6 Å². The maximum Gasteiger partial charge on any atom is 0.227 e. The lowest BCUT2D eigenvalue weighted by Gasteiger charge is -2.27. The van der Waals surface area contributed by atoms with E-state index in [1.807, 2.05) is 28.9 Å². The van der Waals surface area contributed by atoms with E-state index >= 15 is 0 Å². The van der Waals surface area contributed by atoms with Crippen LogP contribution in [0.1, 0.15) is 77.3 Å². The molecular formula is C22H32N4O. The van der Waals surface area contributed by atoms with E-state index in [0.717, 1.165) is 35.8 Å². The molecule has 1 saturated carbocycles. The summed E-state index contributed by atoms with van der Waals surface area (Å²) in [5.41, 5.74) is 2.82. The van der Waals surface area contributed by atoms with Crippen LogP contribution in [0.2, 0.25) is 0 Å². The molecule has 5 heteroatoms. The standard InChI is InChI=1S/C22H32N4O/c1-4-5-7-17-10-12-18(13-11-17)22(27)24-19-8-6-9-20(14-19)26-21(16(2)3)15-23-25-26/h6,8-9,14-18H,4-5,7,10-13H2,1-3H3,(H,24,27). The third-order valence-corrected chi connectivity index (χ3v) is 5.71. The van der Waals surface area contributed by atoms with Gasteiger partial charge in [0, 0.05) is 11.6 Å². The van der Waals surface area contributed by atoms with Crippen molar-refractivity contribution in [2.75, 3.05) is 5.32 Å². The van der Waals surface area contributed by atoms with Gasteiger partial charge >= 0.3 is 0 Å². The van der Waals surface area contributed by atoms with Gasteiger partial charge in [-0.1, -0.05) is 51.3 Å². The molecule has 0 atom stereocenters. The van der Waals surface area contributed by atoms with Gasteiger partial charge in [-0.25, -0.2) is 4.68 Å². The normalized spacial score (nSPS) is 20.0. The van der Waals surface area contributed by atoms with Crippen molar-refractivity contribution in [2.24, 2.45) is 11.8 Å². The summed E-state index contributed by atoms with van der Waals surface area (Å²) in [5, 5.41) is 11.4. The summed E-state index contributed by atoms with van der Waals surface area (Å²) in [6, 6.07) is 7.87. The van der Waals surface area contributed by atoms with Gasteiger partial charge in [-0.2, -0.15) is 0 Å². The number of carbonyl (C=O) groups excluding carboxylic acids is 1. The van der Waals surface area contributed by atoms with E-state index in [-0.39, 0.29) is 11.8 Å². The number of aromatic nitrogens is 3. The van der Waals surface area contributed by atoms with Gasteiger partial charge in [-0.3, -0.25) is 4.79 Å². The highest BCUT2D eigenvalue weighted by Gasteiger charge is 2.26. The number of anilines is 1. The van der Waals surface area contributed by atoms with Crippen LogP contribution in [0.25, 0.3) is 5.69 Å². The fraction of sp³-hybridized carbons (Fsp3) is 0.591.